The van der Waals surface area contributed by atoms with Gasteiger partial charge in [-0.1, -0.05) is 6.07 Å². The highest BCUT2D eigenvalue weighted by Gasteiger charge is 2.35. The number of ether oxygens (including phenoxy) is 2. The molecule has 1 fully saturated rings. The number of benzene rings is 1. The molecule has 2 rings (SSSR count). The fourth-order valence-corrected chi connectivity index (χ4v) is 4.45. The largest absolute Gasteiger partial charge is 0.490 e. The van der Waals surface area contributed by atoms with Crippen molar-refractivity contribution in [3.05, 3.63) is 23.8 Å². The molecule has 7 heteroatoms. The average Bonchev–Trinajstić information content (AvgIpc) is 2.74. The molecule has 1 saturated heterocycles. The van der Waals surface area contributed by atoms with Crippen LogP contribution in [-0.4, -0.2) is 56.9 Å². The monoisotopic (exact) mass is 343 g/mol. The third kappa shape index (κ3) is 5.09. The Morgan fingerprint density at radius 3 is 2.48 bits per heavy atom. The van der Waals surface area contributed by atoms with Crippen LogP contribution in [0.3, 0.4) is 0 Å². The molecule has 0 spiro atoms. The third-order valence-corrected chi connectivity index (χ3v) is 5.47. The first-order valence-electron chi connectivity index (χ1n) is 7.95. The quantitative estimate of drug-likeness (QED) is 0.725. The van der Waals surface area contributed by atoms with Crippen LogP contribution in [0, 0.1) is 0 Å². The lowest BCUT2D eigenvalue weighted by Crippen LogP contribution is -2.39. The zero-order valence-electron chi connectivity index (χ0n) is 13.6. The Morgan fingerprint density at radius 1 is 1.17 bits per heavy atom. The molecule has 0 aliphatic carbocycles. The van der Waals surface area contributed by atoms with Gasteiger partial charge in [-0.25, -0.2) is 8.42 Å². The molecular formula is C16H25NO5S. The van der Waals surface area contributed by atoms with Gasteiger partial charge < -0.3 is 19.9 Å². The maximum absolute atomic E-state index is 11.5. The Morgan fingerprint density at radius 2 is 1.87 bits per heavy atom. The standard InChI is InChI=1S/C16H25NO5S/c1-3-21-15-6-5-12(9-16(15)22-4-2)7-8-17-13-10-23(19,20)11-14(13)18/h5-6,9,13-14,17-18H,3-4,7-8,10-11H2,1-2H3/t13-,14-/m1/s1. The van der Waals surface area contributed by atoms with E-state index in [-0.39, 0.29) is 17.5 Å². The van der Waals surface area contributed by atoms with E-state index >= 15 is 0 Å². The Balaban J connectivity index is 1.91. The summed E-state index contributed by atoms with van der Waals surface area (Å²) in [5.74, 6) is 1.29. The normalized spacial score (nSPS) is 22.9. The third-order valence-electron chi connectivity index (χ3n) is 3.75. The summed E-state index contributed by atoms with van der Waals surface area (Å²) in [6.45, 7) is 5.58. The van der Waals surface area contributed by atoms with E-state index in [1.165, 1.54) is 0 Å². The van der Waals surface area contributed by atoms with E-state index < -0.39 is 15.9 Å². The summed E-state index contributed by atoms with van der Waals surface area (Å²) >= 11 is 0. The van der Waals surface area contributed by atoms with E-state index in [1.807, 2.05) is 32.0 Å². The Hall–Kier alpha value is -1.31. The van der Waals surface area contributed by atoms with E-state index in [0.29, 0.717) is 19.8 Å². The molecule has 23 heavy (non-hydrogen) atoms. The summed E-state index contributed by atoms with van der Waals surface area (Å²) < 4.78 is 34.1. The molecule has 130 valence electrons. The average molecular weight is 343 g/mol. The molecule has 1 aromatic carbocycles. The fourth-order valence-electron chi connectivity index (χ4n) is 2.68. The second-order valence-electron chi connectivity index (χ2n) is 5.60. The second-order valence-corrected chi connectivity index (χ2v) is 7.76. The summed E-state index contributed by atoms with van der Waals surface area (Å²) in [4.78, 5) is 0. The van der Waals surface area contributed by atoms with Crippen molar-refractivity contribution in [2.45, 2.75) is 32.4 Å². The number of hydrogen-bond acceptors (Lipinski definition) is 6. The van der Waals surface area contributed by atoms with E-state index in [1.54, 1.807) is 0 Å². The number of aliphatic hydroxyl groups is 1. The first-order valence-corrected chi connectivity index (χ1v) is 9.77. The van der Waals surface area contributed by atoms with Gasteiger partial charge in [0.15, 0.2) is 21.3 Å². The van der Waals surface area contributed by atoms with Crippen molar-refractivity contribution in [3.8, 4) is 11.5 Å². The van der Waals surface area contributed by atoms with Gasteiger partial charge in [0.2, 0.25) is 0 Å². The predicted molar refractivity (Wildman–Crippen MR) is 88.9 cm³/mol. The molecular weight excluding hydrogens is 318 g/mol. The van der Waals surface area contributed by atoms with Crippen LogP contribution in [0.2, 0.25) is 0 Å². The summed E-state index contributed by atoms with van der Waals surface area (Å²) in [5.41, 5.74) is 1.07. The van der Waals surface area contributed by atoms with Crippen LogP contribution < -0.4 is 14.8 Å². The van der Waals surface area contributed by atoms with E-state index in [2.05, 4.69) is 5.32 Å². The van der Waals surface area contributed by atoms with Crippen LogP contribution in [0.1, 0.15) is 19.4 Å². The van der Waals surface area contributed by atoms with Gasteiger partial charge in [0, 0.05) is 6.04 Å². The molecule has 6 nitrogen and oxygen atoms in total. The van der Waals surface area contributed by atoms with Crippen LogP contribution in [0.4, 0.5) is 0 Å². The first kappa shape index (κ1) is 18.0. The SMILES string of the molecule is CCOc1ccc(CCN[C@@H]2CS(=O)(=O)C[C@H]2O)cc1OCC. The highest BCUT2D eigenvalue weighted by molar-refractivity contribution is 7.91. The zero-order chi connectivity index (χ0) is 16.9. The lowest BCUT2D eigenvalue weighted by Gasteiger charge is -2.16. The lowest BCUT2D eigenvalue weighted by molar-refractivity contribution is 0.166. The van der Waals surface area contributed by atoms with Gasteiger partial charge in [-0.15, -0.1) is 0 Å². The number of hydrogen-bond donors (Lipinski definition) is 2. The molecule has 1 aliphatic rings. The van der Waals surface area contributed by atoms with Crippen molar-refractivity contribution in [2.24, 2.45) is 0 Å². The molecule has 1 aliphatic heterocycles. The molecule has 0 saturated carbocycles. The second kappa shape index (κ2) is 7.99. The molecule has 0 aromatic heterocycles. The summed E-state index contributed by atoms with van der Waals surface area (Å²) in [5, 5.41) is 12.9. The summed E-state index contributed by atoms with van der Waals surface area (Å²) in [7, 11) is -3.11. The molecule has 0 unspecified atom stereocenters. The Kier molecular flexibility index (Phi) is 6.26. The van der Waals surface area contributed by atoms with Crippen LogP contribution in [0.25, 0.3) is 0 Å². The van der Waals surface area contributed by atoms with E-state index in [4.69, 9.17) is 9.47 Å². The molecule has 1 heterocycles. The van der Waals surface area contributed by atoms with Crippen LogP contribution >= 0.6 is 0 Å². The smallest absolute Gasteiger partial charge is 0.161 e. The predicted octanol–water partition coefficient (Wildman–Crippen LogP) is 0.774. The molecule has 1 aromatic rings. The minimum Gasteiger partial charge on any atom is -0.490 e. The van der Waals surface area contributed by atoms with Crippen molar-refractivity contribution in [2.75, 3.05) is 31.3 Å². The Labute approximate surface area is 137 Å². The van der Waals surface area contributed by atoms with Gasteiger partial charge in [-0.05, 0) is 44.5 Å². The van der Waals surface area contributed by atoms with Crippen molar-refractivity contribution in [1.82, 2.24) is 5.32 Å². The lowest BCUT2D eigenvalue weighted by atomic mass is 10.1. The van der Waals surface area contributed by atoms with Crippen molar-refractivity contribution >= 4 is 9.84 Å². The molecule has 2 N–H and O–H groups in total. The van der Waals surface area contributed by atoms with Crippen LogP contribution in [0.15, 0.2) is 18.2 Å². The van der Waals surface area contributed by atoms with Crippen LogP contribution in [-0.2, 0) is 16.3 Å². The molecule has 0 bridgehead atoms. The van der Waals surface area contributed by atoms with Gasteiger partial charge in [-0.2, -0.15) is 0 Å². The highest BCUT2D eigenvalue weighted by atomic mass is 32.2. The Bertz CT molecular complexity index is 617. The van der Waals surface area contributed by atoms with Crippen molar-refractivity contribution in [1.29, 1.82) is 0 Å². The number of aliphatic hydroxyl groups excluding tert-OH is 1. The van der Waals surface area contributed by atoms with Gasteiger partial charge in [-0.3, -0.25) is 0 Å². The minimum atomic E-state index is -3.11. The molecule has 0 amide bonds. The maximum Gasteiger partial charge on any atom is 0.161 e. The van der Waals surface area contributed by atoms with E-state index in [9.17, 15) is 13.5 Å². The fraction of sp³-hybridized carbons (Fsp3) is 0.625. The van der Waals surface area contributed by atoms with Gasteiger partial charge >= 0.3 is 0 Å². The number of nitrogens with one attached hydrogen (secondary N) is 1. The minimum absolute atomic E-state index is 0.00163. The van der Waals surface area contributed by atoms with E-state index in [0.717, 1.165) is 23.5 Å². The number of sulfone groups is 1. The van der Waals surface area contributed by atoms with Crippen molar-refractivity contribution < 1.29 is 23.0 Å². The summed E-state index contributed by atoms with van der Waals surface area (Å²) in [6, 6.07) is 5.42. The zero-order valence-corrected chi connectivity index (χ0v) is 14.4. The first-order chi connectivity index (χ1) is 10.9. The topological polar surface area (TPSA) is 84.9 Å². The van der Waals surface area contributed by atoms with Crippen molar-refractivity contribution in [3.63, 3.8) is 0 Å². The van der Waals surface area contributed by atoms with Gasteiger partial charge in [0.25, 0.3) is 0 Å². The van der Waals surface area contributed by atoms with Crippen LogP contribution in [0.5, 0.6) is 11.5 Å². The maximum atomic E-state index is 11.5. The summed E-state index contributed by atoms with van der Waals surface area (Å²) in [6.07, 6.45) is -0.102. The van der Waals surface area contributed by atoms with Gasteiger partial charge in [0.05, 0.1) is 30.8 Å². The highest BCUT2D eigenvalue weighted by Crippen LogP contribution is 2.28. The molecule has 0 radical (unpaired) electrons. The molecule has 2 atom stereocenters. The van der Waals surface area contributed by atoms with Gasteiger partial charge in [0.1, 0.15) is 0 Å². The number of rotatable bonds is 8.